The zero-order valence-corrected chi connectivity index (χ0v) is 9.64. The van der Waals surface area contributed by atoms with Gasteiger partial charge in [0.25, 0.3) is 0 Å². The Hall–Kier alpha value is -0.640. The van der Waals surface area contributed by atoms with E-state index in [0.29, 0.717) is 11.6 Å². The first-order valence-electron chi connectivity index (χ1n) is 4.86. The lowest BCUT2D eigenvalue weighted by atomic mass is 10.1. The number of nitrogens with one attached hydrogen (secondary N) is 1. The molecule has 1 aromatic rings. The van der Waals surface area contributed by atoms with E-state index in [4.69, 9.17) is 16.3 Å². The van der Waals surface area contributed by atoms with Crippen LogP contribution >= 0.6 is 11.6 Å². The number of ether oxygens (including phenoxy) is 1. The van der Waals surface area contributed by atoms with Gasteiger partial charge in [-0.3, -0.25) is 0 Å². The van der Waals surface area contributed by atoms with Gasteiger partial charge in [-0.2, -0.15) is 0 Å². The highest BCUT2D eigenvalue weighted by Crippen LogP contribution is 2.24. The third-order valence-electron chi connectivity index (χ3n) is 2.12. The van der Waals surface area contributed by atoms with E-state index in [0.717, 1.165) is 12.1 Å². The fraction of sp³-hybridized carbons (Fsp3) is 0.455. The molecule has 1 aromatic carbocycles. The fourth-order valence-corrected chi connectivity index (χ4v) is 1.75. The maximum absolute atomic E-state index is 12.8. The van der Waals surface area contributed by atoms with Crippen LogP contribution in [0, 0.1) is 5.82 Å². The Bertz CT molecular complexity index is 313. The summed E-state index contributed by atoms with van der Waals surface area (Å²) in [6.07, 6.45) is 0. The quantitative estimate of drug-likeness (QED) is 0.842. The first-order valence-corrected chi connectivity index (χ1v) is 5.24. The predicted molar refractivity (Wildman–Crippen MR) is 59.7 cm³/mol. The molecule has 1 unspecified atom stereocenters. The summed E-state index contributed by atoms with van der Waals surface area (Å²) in [5.41, 5.74) is 0.863. The molecule has 0 aliphatic heterocycles. The van der Waals surface area contributed by atoms with Gasteiger partial charge < -0.3 is 10.1 Å². The molecule has 2 nitrogen and oxygen atoms in total. The van der Waals surface area contributed by atoms with Crippen molar-refractivity contribution in [3.8, 4) is 0 Å². The third-order valence-corrected chi connectivity index (χ3v) is 2.45. The Labute approximate surface area is 94.4 Å². The first kappa shape index (κ1) is 12.4. The maximum Gasteiger partial charge on any atom is 0.124 e. The van der Waals surface area contributed by atoms with Crippen molar-refractivity contribution in [1.29, 1.82) is 0 Å². The highest BCUT2D eigenvalue weighted by Gasteiger charge is 2.13. The van der Waals surface area contributed by atoms with E-state index >= 15 is 0 Å². The van der Waals surface area contributed by atoms with Gasteiger partial charge in [0, 0.05) is 12.1 Å². The summed E-state index contributed by atoms with van der Waals surface area (Å²) in [5, 5.41) is 3.66. The molecule has 15 heavy (non-hydrogen) atoms. The monoisotopic (exact) mass is 231 g/mol. The van der Waals surface area contributed by atoms with Crippen LogP contribution in [-0.4, -0.2) is 20.3 Å². The summed E-state index contributed by atoms with van der Waals surface area (Å²) in [5.74, 6) is -0.323. The number of likely N-dealkylation sites (N-methyl/N-ethyl adjacent to an activating group) is 1. The Morgan fingerprint density at radius 1 is 1.53 bits per heavy atom. The second-order valence-electron chi connectivity index (χ2n) is 3.23. The second kappa shape index (κ2) is 6.05. The minimum atomic E-state index is -0.323. The van der Waals surface area contributed by atoms with Crippen LogP contribution in [0.5, 0.6) is 0 Å². The average molecular weight is 232 g/mol. The van der Waals surface area contributed by atoms with E-state index in [-0.39, 0.29) is 11.9 Å². The largest absolute Gasteiger partial charge is 0.383 e. The number of halogens is 2. The lowest BCUT2D eigenvalue weighted by molar-refractivity contribution is 0.168. The van der Waals surface area contributed by atoms with Crippen LogP contribution in [0.25, 0.3) is 0 Å². The smallest absolute Gasteiger partial charge is 0.124 e. The van der Waals surface area contributed by atoms with Crippen molar-refractivity contribution >= 4 is 11.6 Å². The van der Waals surface area contributed by atoms with Crippen molar-refractivity contribution in [2.75, 3.05) is 20.3 Å². The van der Waals surface area contributed by atoms with Crippen LogP contribution in [0.15, 0.2) is 18.2 Å². The number of methoxy groups -OCH3 is 1. The molecule has 0 bridgehead atoms. The summed E-state index contributed by atoms with van der Waals surface area (Å²) in [4.78, 5) is 0. The Kier molecular flexibility index (Phi) is 5.02. The molecule has 0 aromatic heterocycles. The van der Waals surface area contributed by atoms with Crippen LogP contribution in [0.2, 0.25) is 5.02 Å². The maximum atomic E-state index is 12.8. The molecule has 0 spiro atoms. The Balaban J connectivity index is 2.89. The molecular weight excluding hydrogens is 217 g/mol. The first-order chi connectivity index (χ1) is 7.19. The molecule has 84 valence electrons. The SMILES string of the molecule is CCNC(COC)c1ccc(F)cc1Cl. The van der Waals surface area contributed by atoms with Crippen LogP contribution in [-0.2, 0) is 4.74 Å². The van der Waals surface area contributed by atoms with Crippen LogP contribution in [0.4, 0.5) is 4.39 Å². The van der Waals surface area contributed by atoms with Gasteiger partial charge >= 0.3 is 0 Å². The molecule has 0 aliphatic carbocycles. The van der Waals surface area contributed by atoms with E-state index in [1.165, 1.54) is 12.1 Å². The molecule has 0 saturated carbocycles. The minimum Gasteiger partial charge on any atom is -0.383 e. The zero-order valence-electron chi connectivity index (χ0n) is 8.89. The van der Waals surface area contributed by atoms with Crippen molar-refractivity contribution in [1.82, 2.24) is 5.32 Å². The normalized spacial score (nSPS) is 12.8. The van der Waals surface area contributed by atoms with Crippen LogP contribution in [0.1, 0.15) is 18.5 Å². The Morgan fingerprint density at radius 2 is 2.27 bits per heavy atom. The summed E-state index contributed by atoms with van der Waals surface area (Å²) < 4.78 is 17.9. The van der Waals surface area contributed by atoms with E-state index in [9.17, 15) is 4.39 Å². The van der Waals surface area contributed by atoms with Crippen molar-refractivity contribution < 1.29 is 9.13 Å². The van der Waals surface area contributed by atoms with Crippen molar-refractivity contribution in [3.63, 3.8) is 0 Å². The van der Waals surface area contributed by atoms with Crippen LogP contribution < -0.4 is 5.32 Å². The molecule has 1 rings (SSSR count). The highest BCUT2D eigenvalue weighted by atomic mass is 35.5. The van der Waals surface area contributed by atoms with Gasteiger partial charge in [0.05, 0.1) is 12.6 Å². The number of hydrogen-bond donors (Lipinski definition) is 1. The highest BCUT2D eigenvalue weighted by molar-refractivity contribution is 6.31. The number of rotatable bonds is 5. The van der Waals surface area contributed by atoms with Crippen molar-refractivity contribution in [2.45, 2.75) is 13.0 Å². The minimum absolute atomic E-state index is 0.00750. The standard InChI is InChI=1S/C11H15ClFNO/c1-3-14-11(7-15-2)9-5-4-8(13)6-10(9)12/h4-6,11,14H,3,7H2,1-2H3. The van der Waals surface area contributed by atoms with Gasteiger partial charge in [0.2, 0.25) is 0 Å². The fourth-order valence-electron chi connectivity index (χ4n) is 1.46. The number of hydrogen-bond acceptors (Lipinski definition) is 2. The molecule has 1 atom stereocenters. The molecule has 0 fully saturated rings. The van der Waals surface area contributed by atoms with Gasteiger partial charge in [-0.1, -0.05) is 24.6 Å². The summed E-state index contributed by atoms with van der Waals surface area (Å²) in [6.45, 7) is 3.32. The van der Waals surface area contributed by atoms with E-state index in [1.54, 1.807) is 13.2 Å². The third kappa shape index (κ3) is 3.45. The molecule has 4 heteroatoms. The summed E-state index contributed by atoms with van der Waals surface area (Å²) in [6, 6.07) is 4.41. The van der Waals surface area contributed by atoms with Gasteiger partial charge in [0.15, 0.2) is 0 Å². The zero-order chi connectivity index (χ0) is 11.3. The topological polar surface area (TPSA) is 21.3 Å². The van der Waals surface area contributed by atoms with Gasteiger partial charge in [-0.15, -0.1) is 0 Å². The average Bonchev–Trinajstić information content (AvgIpc) is 2.17. The summed E-state index contributed by atoms with van der Waals surface area (Å²) >= 11 is 5.96. The van der Waals surface area contributed by atoms with E-state index in [2.05, 4.69) is 5.32 Å². The molecule has 1 N–H and O–H groups in total. The van der Waals surface area contributed by atoms with Crippen molar-refractivity contribution in [2.24, 2.45) is 0 Å². The van der Waals surface area contributed by atoms with Crippen LogP contribution in [0.3, 0.4) is 0 Å². The lowest BCUT2D eigenvalue weighted by Gasteiger charge is -2.18. The molecular formula is C11H15ClFNO. The second-order valence-corrected chi connectivity index (χ2v) is 3.64. The van der Waals surface area contributed by atoms with Gasteiger partial charge in [-0.05, 0) is 24.2 Å². The molecule has 0 radical (unpaired) electrons. The molecule has 0 heterocycles. The van der Waals surface area contributed by atoms with Crippen molar-refractivity contribution in [3.05, 3.63) is 34.6 Å². The van der Waals surface area contributed by atoms with E-state index in [1.807, 2.05) is 6.92 Å². The Morgan fingerprint density at radius 3 is 2.80 bits per heavy atom. The summed E-state index contributed by atoms with van der Waals surface area (Å²) in [7, 11) is 1.63. The van der Waals surface area contributed by atoms with Gasteiger partial charge in [0.1, 0.15) is 5.82 Å². The molecule has 0 amide bonds. The lowest BCUT2D eigenvalue weighted by Crippen LogP contribution is -2.25. The molecule has 0 saturated heterocycles. The molecule has 0 aliphatic rings. The number of benzene rings is 1. The predicted octanol–water partition coefficient (Wildman–Crippen LogP) is 2.78. The van der Waals surface area contributed by atoms with E-state index < -0.39 is 0 Å². The van der Waals surface area contributed by atoms with Gasteiger partial charge in [-0.25, -0.2) is 4.39 Å².